The van der Waals surface area contributed by atoms with Gasteiger partial charge in [0.15, 0.2) is 0 Å². The number of carbonyl (C=O) groups is 1. The monoisotopic (exact) mass is 318 g/mol. The van der Waals surface area contributed by atoms with Crippen LogP contribution in [0.2, 0.25) is 0 Å². The van der Waals surface area contributed by atoms with E-state index in [4.69, 9.17) is 0 Å². The number of hydrogen-bond acceptors (Lipinski definition) is 1. The molecule has 0 atom stereocenters. The fraction of sp³-hybridized carbons (Fsp3) is 0.682. The summed E-state index contributed by atoms with van der Waals surface area (Å²) in [6.07, 6.45) is 31.6. The van der Waals surface area contributed by atoms with Crippen LogP contribution < -0.4 is 0 Å². The van der Waals surface area contributed by atoms with Gasteiger partial charge < -0.3 is 4.79 Å². The zero-order chi connectivity index (χ0) is 16.8. The molecule has 0 aliphatic heterocycles. The Kier molecular flexibility index (Phi) is 19.9. The molecular formula is C22H38O. The molecule has 0 rings (SSSR count). The molecule has 0 heterocycles. The predicted octanol–water partition coefficient (Wildman–Crippen LogP) is 7.34. The lowest BCUT2D eigenvalue weighted by Crippen LogP contribution is -1.80. The van der Waals surface area contributed by atoms with Crippen molar-refractivity contribution >= 4 is 6.29 Å². The van der Waals surface area contributed by atoms with Crippen LogP contribution >= 0.6 is 0 Å². The van der Waals surface area contributed by atoms with E-state index in [0.29, 0.717) is 0 Å². The zero-order valence-electron chi connectivity index (χ0n) is 15.3. The molecule has 0 aliphatic rings. The highest BCUT2D eigenvalue weighted by atomic mass is 16.1. The Morgan fingerprint density at radius 1 is 0.522 bits per heavy atom. The molecule has 1 heteroatoms. The second-order valence-corrected chi connectivity index (χ2v) is 6.25. The largest absolute Gasteiger partial charge is 0.303 e. The van der Waals surface area contributed by atoms with Gasteiger partial charge in [0.25, 0.3) is 0 Å². The summed E-state index contributed by atoms with van der Waals surface area (Å²) in [6.45, 7) is 2.25. The molecule has 23 heavy (non-hydrogen) atoms. The lowest BCUT2D eigenvalue weighted by atomic mass is 10.1. The first kappa shape index (κ1) is 21.9. The Balaban J connectivity index is 3.24. The Morgan fingerprint density at radius 2 is 0.957 bits per heavy atom. The SMILES string of the molecule is CCCCCC=CCC=CCC=CCCCCCCCCC=O. The lowest BCUT2D eigenvalue weighted by molar-refractivity contribution is -0.107. The molecule has 0 N–H and O–H groups in total. The minimum Gasteiger partial charge on any atom is -0.303 e. The van der Waals surface area contributed by atoms with Crippen LogP contribution in [-0.4, -0.2) is 6.29 Å². The molecule has 132 valence electrons. The van der Waals surface area contributed by atoms with Crippen molar-refractivity contribution in [1.29, 1.82) is 0 Å². The highest BCUT2D eigenvalue weighted by Crippen LogP contribution is 2.08. The number of hydrogen-bond donors (Lipinski definition) is 0. The van der Waals surface area contributed by atoms with Gasteiger partial charge in [-0.15, -0.1) is 0 Å². The van der Waals surface area contributed by atoms with E-state index < -0.39 is 0 Å². The van der Waals surface area contributed by atoms with E-state index in [-0.39, 0.29) is 0 Å². The van der Waals surface area contributed by atoms with E-state index in [1.807, 2.05) is 0 Å². The van der Waals surface area contributed by atoms with Gasteiger partial charge in [-0.25, -0.2) is 0 Å². The standard InChI is InChI=1S/C22H38O/c1-2-3-4-5-6-7-8-9-10-11-12-13-14-15-16-17-18-19-20-21-22-23/h6-7,9-10,12-13,22H,2-5,8,11,14-21H2,1H3. The molecule has 1 nitrogen and oxygen atoms in total. The molecule has 0 amide bonds. The van der Waals surface area contributed by atoms with Crippen LogP contribution in [0, 0.1) is 0 Å². The maximum Gasteiger partial charge on any atom is 0.119 e. The van der Waals surface area contributed by atoms with Crippen LogP contribution in [0.25, 0.3) is 0 Å². The summed E-state index contributed by atoms with van der Waals surface area (Å²) in [5.41, 5.74) is 0. The van der Waals surface area contributed by atoms with Crippen molar-refractivity contribution in [1.82, 2.24) is 0 Å². The summed E-state index contributed by atoms with van der Waals surface area (Å²) >= 11 is 0. The Hall–Kier alpha value is -1.11. The lowest BCUT2D eigenvalue weighted by Gasteiger charge is -1.98. The maximum atomic E-state index is 10.2. The van der Waals surface area contributed by atoms with E-state index in [1.54, 1.807) is 0 Å². The highest BCUT2D eigenvalue weighted by molar-refractivity contribution is 5.48. The van der Waals surface area contributed by atoms with Crippen LogP contribution in [0.1, 0.15) is 96.8 Å². The van der Waals surface area contributed by atoms with E-state index >= 15 is 0 Å². The van der Waals surface area contributed by atoms with Gasteiger partial charge in [-0.3, -0.25) is 0 Å². The van der Waals surface area contributed by atoms with Gasteiger partial charge >= 0.3 is 0 Å². The van der Waals surface area contributed by atoms with Crippen molar-refractivity contribution < 1.29 is 4.79 Å². The zero-order valence-corrected chi connectivity index (χ0v) is 15.3. The molecule has 0 aromatic rings. The third-order valence-electron chi connectivity index (χ3n) is 3.96. The molecule has 0 unspecified atom stereocenters. The molecule has 0 radical (unpaired) electrons. The van der Waals surface area contributed by atoms with Crippen LogP contribution in [0.5, 0.6) is 0 Å². The summed E-state index contributed by atoms with van der Waals surface area (Å²) in [5.74, 6) is 0. The van der Waals surface area contributed by atoms with Crippen LogP contribution in [-0.2, 0) is 4.79 Å². The normalized spacial score (nSPS) is 12.0. The minimum atomic E-state index is 0.741. The molecule has 0 aliphatic carbocycles. The summed E-state index contributed by atoms with van der Waals surface area (Å²) in [6, 6.07) is 0. The van der Waals surface area contributed by atoms with Gasteiger partial charge in [-0.1, -0.05) is 81.9 Å². The van der Waals surface area contributed by atoms with Gasteiger partial charge in [0.2, 0.25) is 0 Å². The van der Waals surface area contributed by atoms with Crippen molar-refractivity contribution in [3.05, 3.63) is 36.5 Å². The first-order chi connectivity index (χ1) is 11.4. The molecule has 0 saturated carbocycles. The van der Waals surface area contributed by atoms with E-state index in [9.17, 15) is 4.79 Å². The number of rotatable bonds is 17. The van der Waals surface area contributed by atoms with Crippen LogP contribution in [0.15, 0.2) is 36.5 Å². The molecule has 0 fully saturated rings. The number of unbranched alkanes of at least 4 members (excludes halogenated alkanes) is 10. The van der Waals surface area contributed by atoms with Crippen LogP contribution in [0.4, 0.5) is 0 Å². The molecule has 0 saturated heterocycles. The second kappa shape index (κ2) is 20.9. The van der Waals surface area contributed by atoms with Gasteiger partial charge in [0, 0.05) is 6.42 Å². The number of carbonyl (C=O) groups excluding carboxylic acids is 1. The smallest absolute Gasteiger partial charge is 0.119 e. The van der Waals surface area contributed by atoms with Gasteiger partial charge in [-0.2, -0.15) is 0 Å². The van der Waals surface area contributed by atoms with E-state index in [1.165, 1.54) is 64.2 Å². The Bertz CT molecular complexity index is 312. The van der Waals surface area contributed by atoms with E-state index in [0.717, 1.165) is 32.0 Å². The Labute approximate surface area is 144 Å². The van der Waals surface area contributed by atoms with Crippen molar-refractivity contribution in [2.75, 3.05) is 0 Å². The molecule has 0 spiro atoms. The fourth-order valence-electron chi connectivity index (χ4n) is 2.49. The second-order valence-electron chi connectivity index (χ2n) is 6.25. The average molecular weight is 319 g/mol. The molecule has 0 bridgehead atoms. The van der Waals surface area contributed by atoms with Gasteiger partial charge in [0.1, 0.15) is 6.29 Å². The highest BCUT2D eigenvalue weighted by Gasteiger charge is 1.90. The first-order valence-electron chi connectivity index (χ1n) is 9.80. The molecule has 0 aromatic heterocycles. The van der Waals surface area contributed by atoms with Crippen molar-refractivity contribution in [3.8, 4) is 0 Å². The fourth-order valence-corrected chi connectivity index (χ4v) is 2.49. The summed E-state index contributed by atoms with van der Waals surface area (Å²) in [5, 5.41) is 0. The Morgan fingerprint density at radius 3 is 1.48 bits per heavy atom. The minimum absolute atomic E-state index is 0.741. The van der Waals surface area contributed by atoms with Crippen LogP contribution in [0.3, 0.4) is 0 Å². The van der Waals surface area contributed by atoms with Crippen molar-refractivity contribution in [2.45, 2.75) is 96.8 Å². The van der Waals surface area contributed by atoms with E-state index in [2.05, 4.69) is 43.4 Å². The summed E-state index contributed by atoms with van der Waals surface area (Å²) in [4.78, 5) is 10.2. The summed E-state index contributed by atoms with van der Waals surface area (Å²) in [7, 11) is 0. The molecular weight excluding hydrogens is 280 g/mol. The van der Waals surface area contributed by atoms with Crippen molar-refractivity contribution in [2.24, 2.45) is 0 Å². The number of allylic oxidation sites excluding steroid dienone is 6. The van der Waals surface area contributed by atoms with Gasteiger partial charge in [-0.05, 0) is 44.9 Å². The quantitative estimate of drug-likeness (QED) is 0.156. The number of aldehydes is 1. The maximum absolute atomic E-state index is 10.2. The predicted molar refractivity (Wildman–Crippen MR) is 104 cm³/mol. The summed E-state index contributed by atoms with van der Waals surface area (Å²) < 4.78 is 0. The first-order valence-corrected chi connectivity index (χ1v) is 9.80. The third kappa shape index (κ3) is 20.9. The average Bonchev–Trinajstić information content (AvgIpc) is 2.57. The molecule has 0 aromatic carbocycles. The van der Waals surface area contributed by atoms with Crippen molar-refractivity contribution in [3.63, 3.8) is 0 Å². The van der Waals surface area contributed by atoms with Gasteiger partial charge in [0.05, 0.1) is 0 Å². The third-order valence-corrected chi connectivity index (χ3v) is 3.96. The topological polar surface area (TPSA) is 17.1 Å².